The van der Waals surface area contributed by atoms with Gasteiger partial charge in [-0.15, -0.1) is 0 Å². The van der Waals surface area contributed by atoms with Crippen LogP contribution in [0.3, 0.4) is 0 Å². The molecule has 0 fully saturated rings. The summed E-state index contributed by atoms with van der Waals surface area (Å²) in [7, 11) is 1.49. The van der Waals surface area contributed by atoms with Crippen LogP contribution in [0.2, 0.25) is 5.02 Å². The summed E-state index contributed by atoms with van der Waals surface area (Å²) < 4.78 is 5.16. The molecule has 2 aromatic carbocycles. The van der Waals surface area contributed by atoms with Crippen LogP contribution in [0.4, 0.5) is 0 Å². The maximum atomic E-state index is 11.7. The van der Waals surface area contributed by atoms with Gasteiger partial charge in [0.15, 0.2) is 0 Å². The second-order valence-electron chi connectivity index (χ2n) is 4.42. The third-order valence-corrected chi connectivity index (χ3v) is 3.17. The molecule has 0 aliphatic rings. The van der Waals surface area contributed by atoms with Crippen molar-refractivity contribution in [3.8, 4) is 5.75 Å². The largest absolute Gasteiger partial charge is 0.495 e. The van der Waals surface area contributed by atoms with Crippen molar-refractivity contribution in [3.05, 3.63) is 70.8 Å². The van der Waals surface area contributed by atoms with E-state index in [-0.39, 0.29) is 0 Å². The Labute approximate surface area is 138 Å². The van der Waals surface area contributed by atoms with Gasteiger partial charge in [0.2, 0.25) is 0 Å². The monoisotopic (exact) mass is 331 g/mol. The van der Waals surface area contributed by atoms with E-state index in [2.05, 4.69) is 5.48 Å². The van der Waals surface area contributed by atoms with Crippen LogP contribution in [-0.2, 0) is 9.63 Å². The third-order valence-electron chi connectivity index (χ3n) is 2.87. The minimum Gasteiger partial charge on any atom is -0.495 e. The van der Waals surface area contributed by atoms with Crippen molar-refractivity contribution in [3.63, 3.8) is 0 Å². The van der Waals surface area contributed by atoms with Crippen molar-refractivity contribution in [1.82, 2.24) is 5.48 Å². The number of carbonyl (C=O) groups excluding carboxylic acids is 2. The highest BCUT2D eigenvalue weighted by atomic mass is 35.5. The molecule has 0 heterocycles. The molecule has 0 aliphatic heterocycles. The van der Waals surface area contributed by atoms with E-state index < -0.39 is 11.9 Å². The molecule has 0 radical (unpaired) electrons. The molecule has 0 aliphatic carbocycles. The van der Waals surface area contributed by atoms with Crippen LogP contribution in [0, 0.1) is 0 Å². The maximum Gasteiger partial charge on any atom is 0.362 e. The smallest absolute Gasteiger partial charge is 0.362 e. The summed E-state index contributed by atoms with van der Waals surface area (Å²) in [4.78, 5) is 28.1. The fraction of sp³-hybridized carbons (Fsp3) is 0.0588. The van der Waals surface area contributed by atoms with E-state index in [1.54, 1.807) is 48.5 Å². The SMILES string of the molecule is COc1c(Cl)cccc1C=CC(=O)NOC(=O)c1ccccc1. The van der Waals surface area contributed by atoms with Crippen LogP contribution < -0.4 is 10.2 Å². The van der Waals surface area contributed by atoms with Gasteiger partial charge in [0.25, 0.3) is 5.91 Å². The molecule has 1 amide bonds. The van der Waals surface area contributed by atoms with E-state index in [1.165, 1.54) is 19.3 Å². The number of hydrogen-bond donors (Lipinski definition) is 1. The topological polar surface area (TPSA) is 64.6 Å². The van der Waals surface area contributed by atoms with Gasteiger partial charge in [-0.3, -0.25) is 4.79 Å². The average Bonchev–Trinajstić information content (AvgIpc) is 2.58. The summed E-state index contributed by atoms with van der Waals surface area (Å²) >= 11 is 5.99. The number of carbonyl (C=O) groups is 2. The van der Waals surface area contributed by atoms with Crippen molar-refractivity contribution in [1.29, 1.82) is 0 Å². The number of methoxy groups -OCH3 is 1. The highest BCUT2D eigenvalue weighted by Gasteiger charge is 2.08. The number of halogens is 1. The van der Waals surface area contributed by atoms with E-state index in [4.69, 9.17) is 21.2 Å². The molecular weight excluding hydrogens is 318 g/mol. The summed E-state index contributed by atoms with van der Waals surface area (Å²) in [5.41, 5.74) is 3.02. The number of nitrogens with one attached hydrogen (secondary N) is 1. The summed E-state index contributed by atoms with van der Waals surface area (Å²) in [6.07, 6.45) is 2.73. The highest BCUT2D eigenvalue weighted by molar-refractivity contribution is 6.32. The summed E-state index contributed by atoms with van der Waals surface area (Å²) in [5.74, 6) is -0.775. The lowest BCUT2D eigenvalue weighted by Crippen LogP contribution is -2.25. The Hall–Kier alpha value is -2.79. The van der Waals surface area contributed by atoms with Crippen LogP contribution in [0.25, 0.3) is 6.08 Å². The molecule has 1 N–H and O–H groups in total. The Morgan fingerprint density at radius 2 is 1.83 bits per heavy atom. The standard InChI is InChI=1S/C17H14ClNO4/c1-22-16-12(8-5-9-14(16)18)10-11-15(20)19-23-17(21)13-6-3-2-4-7-13/h2-11H,1H3,(H,19,20). The summed E-state index contributed by atoms with van der Waals surface area (Å²) in [5, 5.41) is 0.436. The summed E-state index contributed by atoms with van der Waals surface area (Å²) in [6, 6.07) is 13.5. The zero-order valence-electron chi connectivity index (χ0n) is 12.3. The molecule has 0 saturated heterocycles. The molecule has 0 aromatic heterocycles. The Morgan fingerprint density at radius 1 is 1.09 bits per heavy atom. The number of benzene rings is 2. The number of hydroxylamine groups is 1. The van der Waals surface area contributed by atoms with Gasteiger partial charge in [-0.25, -0.2) is 4.79 Å². The molecule has 5 nitrogen and oxygen atoms in total. The van der Waals surface area contributed by atoms with Crippen molar-refractivity contribution >= 4 is 29.6 Å². The molecule has 0 atom stereocenters. The average molecular weight is 332 g/mol. The lowest BCUT2D eigenvalue weighted by Gasteiger charge is -2.06. The second-order valence-corrected chi connectivity index (χ2v) is 4.82. The predicted molar refractivity (Wildman–Crippen MR) is 87.0 cm³/mol. The Morgan fingerprint density at radius 3 is 2.52 bits per heavy atom. The first-order valence-corrected chi connectivity index (χ1v) is 7.06. The van der Waals surface area contributed by atoms with Crippen molar-refractivity contribution in [2.75, 3.05) is 7.11 Å². The quantitative estimate of drug-likeness (QED) is 0.690. The van der Waals surface area contributed by atoms with Gasteiger partial charge in [0, 0.05) is 11.6 Å². The number of amides is 1. The fourth-order valence-electron chi connectivity index (χ4n) is 1.80. The van der Waals surface area contributed by atoms with Crippen LogP contribution in [0.15, 0.2) is 54.6 Å². The molecule has 0 bridgehead atoms. The van der Waals surface area contributed by atoms with Gasteiger partial charge in [0.1, 0.15) is 5.75 Å². The molecule has 118 valence electrons. The molecule has 2 rings (SSSR count). The van der Waals surface area contributed by atoms with Crippen molar-refractivity contribution in [2.24, 2.45) is 0 Å². The van der Waals surface area contributed by atoms with Gasteiger partial charge < -0.3 is 9.57 Å². The number of rotatable bonds is 4. The Kier molecular flexibility index (Phi) is 5.77. The van der Waals surface area contributed by atoms with Crippen LogP contribution in [0.5, 0.6) is 5.75 Å². The normalized spacial score (nSPS) is 10.3. The fourth-order valence-corrected chi connectivity index (χ4v) is 2.06. The lowest BCUT2D eigenvalue weighted by atomic mass is 10.2. The van der Waals surface area contributed by atoms with E-state index in [9.17, 15) is 9.59 Å². The minimum atomic E-state index is -0.646. The van der Waals surface area contributed by atoms with Crippen molar-refractivity contribution < 1.29 is 19.2 Å². The van der Waals surface area contributed by atoms with E-state index in [0.29, 0.717) is 21.9 Å². The van der Waals surface area contributed by atoms with E-state index >= 15 is 0 Å². The molecule has 0 saturated carbocycles. The van der Waals surface area contributed by atoms with Gasteiger partial charge >= 0.3 is 5.97 Å². The first-order chi connectivity index (χ1) is 11.1. The van der Waals surface area contributed by atoms with Gasteiger partial charge in [-0.05, 0) is 24.3 Å². The van der Waals surface area contributed by atoms with Gasteiger partial charge in [-0.2, -0.15) is 5.48 Å². The molecule has 0 unspecified atom stereocenters. The second kappa shape index (κ2) is 8.00. The van der Waals surface area contributed by atoms with Crippen LogP contribution in [-0.4, -0.2) is 19.0 Å². The summed E-state index contributed by atoms with van der Waals surface area (Å²) in [6.45, 7) is 0. The molecule has 2 aromatic rings. The Balaban J connectivity index is 1.95. The van der Waals surface area contributed by atoms with Gasteiger partial charge in [0.05, 0.1) is 17.7 Å². The van der Waals surface area contributed by atoms with E-state index in [0.717, 1.165) is 0 Å². The lowest BCUT2D eigenvalue weighted by molar-refractivity contribution is -0.124. The number of para-hydroxylation sites is 1. The molecule has 6 heteroatoms. The Bertz CT molecular complexity index is 729. The first kappa shape index (κ1) is 16.6. The van der Waals surface area contributed by atoms with Crippen LogP contribution >= 0.6 is 11.6 Å². The van der Waals surface area contributed by atoms with Crippen molar-refractivity contribution in [2.45, 2.75) is 0 Å². The van der Waals surface area contributed by atoms with Gasteiger partial charge in [-0.1, -0.05) is 41.9 Å². The number of ether oxygens (including phenoxy) is 1. The van der Waals surface area contributed by atoms with E-state index in [1.807, 2.05) is 0 Å². The predicted octanol–water partition coefficient (Wildman–Crippen LogP) is 3.25. The van der Waals surface area contributed by atoms with Crippen LogP contribution in [0.1, 0.15) is 15.9 Å². The first-order valence-electron chi connectivity index (χ1n) is 6.68. The maximum absolute atomic E-state index is 11.7. The molecular formula is C17H14ClNO4. The molecule has 23 heavy (non-hydrogen) atoms. The minimum absolute atomic E-state index is 0.341. The highest BCUT2D eigenvalue weighted by Crippen LogP contribution is 2.28. The zero-order chi connectivity index (χ0) is 16.7. The number of hydrogen-bond acceptors (Lipinski definition) is 4. The zero-order valence-corrected chi connectivity index (χ0v) is 13.0. The third kappa shape index (κ3) is 4.59. The molecule has 0 spiro atoms.